The molecule has 0 saturated heterocycles. The molecule has 0 radical (unpaired) electrons. The molecule has 13 heteroatoms. The zero-order chi connectivity index (χ0) is 22.3. The largest absolute Gasteiger partial charge is 0.495 e. The number of alkyl halides is 3. The monoisotopic (exact) mass is 445 g/mol. The average Bonchev–Trinajstić information content (AvgIpc) is 2.65. The lowest BCUT2D eigenvalue weighted by Crippen LogP contribution is -2.13. The van der Waals surface area contributed by atoms with Crippen LogP contribution in [-0.2, 0) is 16.3 Å². The van der Waals surface area contributed by atoms with Gasteiger partial charge in [-0.25, -0.2) is 4.79 Å². The molecular weight excluding hydrogens is 435 g/mol. The number of non-ortho nitro benzene ring substituents is 1. The highest BCUT2D eigenvalue weighted by atomic mass is 32.2. The number of nitrogens with zero attached hydrogens (tertiary/aromatic N) is 1. The Morgan fingerprint density at radius 2 is 1.80 bits per heavy atom. The fraction of sp³-hybridized carbons (Fsp3) is 0.118. The number of rotatable bonds is 5. The first-order valence-electron chi connectivity index (χ1n) is 7.84. The molecule has 9 nitrogen and oxygen atoms in total. The Bertz CT molecular complexity index is 1310. The third-order valence-corrected chi connectivity index (χ3v) is 5.12. The van der Waals surface area contributed by atoms with Crippen LogP contribution >= 0.6 is 0 Å². The number of nitro groups is 1. The second-order valence-electron chi connectivity index (χ2n) is 5.76. The van der Waals surface area contributed by atoms with Crippen LogP contribution in [0.15, 0.2) is 56.6 Å². The van der Waals surface area contributed by atoms with E-state index in [9.17, 15) is 36.5 Å². The molecule has 0 amide bonds. The summed E-state index contributed by atoms with van der Waals surface area (Å²) in [7, 11) is -3.57. The van der Waals surface area contributed by atoms with Crippen LogP contribution in [0.25, 0.3) is 11.0 Å². The van der Waals surface area contributed by atoms with Crippen LogP contribution in [0.1, 0.15) is 5.56 Å². The van der Waals surface area contributed by atoms with Crippen molar-refractivity contribution in [1.29, 1.82) is 0 Å². The second-order valence-corrected chi connectivity index (χ2v) is 7.28. The number of halogens is 3. The summed E-state index contributed by atoms with van der Waals surface area (Å²) in [6.45, 7) is 0. The topological polar surface area (TPSA) is 126 Å². The predicted molar refractivity (Wildman–Crippen MR) is 94.9 cm³/mol. The molecule has 2 aromatic carbocycles. The number of fused-ring (bicyclic) bond motifs is 1. The molecule has 1 heterocycles. The smallest absolute Gasteiger partial charge is 0.417 e. The Balaban J connectivity index is 2.09. The summed E-state index contributed by atoms with van der Waals surface area (Å²) in [5.74, 6) is -0.745. The van der Waals surface area contributed by atoms with E-state index in [0.29, 0.717) is 6.07 Å². The fourth-order valence-electron chi connectivity index (χ4n) is 2.58. The third-order valence-electron chi connectivity index (χ3n) is 3.85. The van der Waals surface area contributed by atoms with Crippen LogP contribution in [0.2, 0.25) is 0 Å². The zero-order valence-electron chi connectivity index (χ0n) is 14.8. The van der Waals surface area contributed by atoms with Gasteiger partial charge in [0.15, 0.2) is 4.90 Å². The molecule has 0 bridgehead atoms. The summed E-state index contributed by atoms with van der Waals surface area (Å²) >= 11 is 0. The van der Waals surface area contributed by atoms with Crippen molar-refractivity contribution in [2.24, 2.45) is 0 Å². The molecule has 1 aromatic heterocycles. The quantitative estimate of drug-likeness (QED) is 0.253. The first kappa shape index (κ1) is 21.1. The fourth-order valence-corrected chi connectivity index (χ4v) is 3.68. The molecule has 3 rings (SSSR count). The third kappa shape index (κ3) is 4.05. The Labute approximate surface area is 165 Å². The molecule has 0 spiro atoms. The number of methoxy groups -OCH3 is 1. The highest BCUT2D eigenvalue weighted by Gasteiger charge is 2.34. The van der Waals surface area contributed by atoms with Crippen molar-refractivity contribution >= 4 is 26.8 Å². The van der Waals surface area contributed by atoms with Crippen molar-refractivity contribution in [3.8, 4) is 11.5 Å². The molecule has 0 unspecified atom stereocenters. The minimum atomic E-state index is -4.85. The van der Waals surface area contributed by atoms with Crippen LogP contribution in [-0.4, -0.2) is 20.5 Å². The van der Waals surface area contributed by atoms with Crippen LogP contribution in [0, 0.1) is 10.1 Å². The van der Waals surface area contributed by atoms with Gasteiger partial charge in [-0.15, -0.1) is 0 Å². The Hall–Kier alpha value is -3.61. The highest BCUT2D eigenvalue weighted by Crippen LogP contribution is 2.36. The standard InChI is InChI=1S/C17H10F3NO8S/c1-27-13-5-2-9(21(23)24)6-15(13)30(25,26)29-10-3-4-11-12(17(18,19)20)8-16(22)28-14(11)7-10/h2-8H,1H3. The van der Waals surface area contributed by atoms with E-state index >= 15 is 0 Å². The van der Waals surface area contributed by atoms with Crippen molar-refractivity contribution < 1.29 is 39.8 Å². The van der Waals surface area contributed by atoms with Gasteiger partial charge in [-0.05, 0) is 18.2 Å². The van der Waals surface area contributed by atoms with E-state index in [1.807, 2.05) is 0 Å². The molecule has 30 heavy (non-hydrogen) atoms. The van der Waals surface area contributed by atoms with Gasteiger partial charge >= 0.3 is 21.9 Å². The van der Waals surface area contributed by atoms with Gasteiger partial charge in [-0.3, -0.25) is 10.1 Å². The van der Waals surface area contributed by atoms with Crippen LogP contribution in [0.4, 0.5) is 18.9 Å². The summed E-state index contributed by atoms with van der Waals surface area (Å²) in [6.07, 6.45) is -4.85. The van der Waals surface area contributed by atoms with E-state index in [1.54, 1.807) is 0 Å². The number of ether oxygens (including phenoxy) is 1. The molecule has 0 aliphatic heterocycles. The van der Waals surface area contributed by atoms with Crippen LogP contribution in [0.3, 0.4) is 0 Å². The Morgan fingerprint density at radius 3 is 2.40 bits per heavy atom. The van der Waals surface area contributed by atoms with Crippen LogP contribution < -0.4 is 14.5 Å². The molecule has 0 aliphatic carbocycles. The molecule has 0 atom stereocenters. The van der Waals surface area contributed by atoms with Gasteiger partial charge in [0.25, 0.3) is 5.69 Å². The number of nitro benzene ring substituents is 1. The Kier molecular flexibility index (Phi) is 5.16. The minimum absolute atomic E-state index is 0.257. The second kappa shape index (κ2) is 7.33. The maximum atomic E-state index is 13.1. The lowest BCUT2D eigenvalue weighted by molar-refractivity contribution is -0.385. The summed E-state index contributed by atoms with van der Waals surface area (Å²) in [4.78, 5) is 20.9. The first-order chi connectivity index (χ1) is 13.9. The van der Waals surface area contributed by atoms with E-state index in [4.69, 9.17) is 13.3 Å². The average molecular weight is 445 g/mol. The maximum Gasteiger partial charge on any atom is 0.417 e. The van der Waals surface area contributed by atoms with Gasteiger partial charge in [0.05, 0.1) is 17.6 Å². The molecular formula is C17H10F3NO8S. The van der Waals surface area contributed by atoms with Gasteiger partial charge in [0, 0.05) is 29.7 Å². The predicted octanol–water partition coefficient (Wildman–Crippen LogP) is 3.50. The first-order valence-corrected chi connectivity index (χ1v) is 9.25. The van der Waals surface area contributed by atoms with Gasteiger partial charge < -0.3 is 13.3 Å². The van der Waals surface area contributed by atoms with Gasteiger partial charge in [-0.2, -0.15) is 21.6 Å². The number of benzene rings is 2. The lowest BCUT2D eigenvalue weighted by atomic mass is 10.1. The van der Waals surface area contributed by atoms with E-state index < -0.39 is 59.7 Å². The molecule has 0 fully saturated rings. The van der Waals surface area contributed by atoms with Crippen molar-refractivity contribution in [1.82, 2.24) is 0 Å². The molecule has 0 aliphatic rings. The van der Waals surface area contributed by atoms with Crippen molar-refractivity contribution in [2.75, 3.05) is 7.11 Å². The molecule has 0 saturated carbocycles. The van der Waals surface area contributed by atoms with Gasteiger partial charge in [-0.1, -0.05) is 0 Å². The Morgan fingerprint density at radius 1 is 1.10 bits per heavy atom. The molecule has 3 aromatic rings. The van der Waals surface area contributed by atoms with Crippen molar-refractivity contribution in [3.05, 3.63) is 68.6 Å². The number of hydrogen-bond acceptors (Lipinski definition) is 8. The van der Waals surface area contributed by atoms with Crippen molar-refractivity contribution in [3.63, 3.8) is 0 Å². The maximum absolute atomic E-state index is 13.1. The van der Waals surface area contributed by atoms with E-state index in [2.05, 4.69) is 0 Å². The summed E-state index contributed by atoms with van der Waals surface area (Å²) in [5.41, 5.74) is -3.68. The number of hydrogen-bond donors (Lipinski definition) is 0. The summed E-state index contributed by atoms with van der Waals surface area (Å²) in [6, 6.07) is 5.61. The van der Waals surface area contributed by atoms with E-state index in [0.717, 1.165) is 37.4 Å². The van der Waals surface area contributed by atoms with E-state index in [1.165, 1.54) is 0 Å². The lowest BCUT2D eigenvalue weighted by Gasteiger charge is -2.12. The zero-order valence-corrected chi connectivity index (χ0v) is 15.6. The summed E-state index contributed by atoms with van der Waals surface area (Å²) in [5, 5.41) is 10.4. The molecule has 0 N–H and O–H groups in total. The molecule has 158 valence electrons. The van der Waals surface area contributed by atoms with Gasteiger partial charge in [0.2, 0.25) is 0 Å². The highest BCUT2D eigenvalue weighted by molar-refractivity contribution is 7.87. The summed E-state index contributed by atoms with van der Waals surface area (Å²) < 4.78 is 78.9. The minimum Gasteiger partial charge on any atom is -0.495 e. The van der Waals surface area contributed by atoms with Gasteiger partial charge in [0.1, 0.15) is 17.1 Å². The SMILES string of the molecule is COc1ccc([N+](=O)[O-])cc1S(=O)(=O)Oc1ccc2c(C(F)(F)F)cc(=O)oc2c1. The van der Waals surface area contributed by atoms with Crippen LogP contribution in [0.5, 0.6) is 11.5 Å². The normalized spacial score (nSPS) is 12.0. The van der Waals surface area contributed by atoms with Crippen molar-refractivity contribution in [2.45, 2.75) is 11.1 Å². The van der Waals surface area contributed by atoms with E-state index in [-0.39, 0.29) is 11.8 Å².